The normalized spacial score (nSPS) is 12.1. The molecule has 7 nitrogen and oxygen atoms in total. The minimum absolute atomic E-state index is 0.00806. The van der Waals surface area contributed by atoms with Gasteiger partial charge < -0.3 is 9.64 Å². The van der Waals surface area contributed by atoms with E-state index in [2.05, 4.69) is 4.72 Å². The summed E-state index contributed by atoms with van der Waals surface area (Å²) in [6, 6.07) is 17.8. The van der Waals surface area contributed by atoms with Gasteiger partial charge in [-0.1, -0.05) is 41.9 Å². The van der Waals surface area contributed by atoms with E-state index in [-0.39, 0.29) is 15.5 Å². The Morgan fingerprint density at radius 2 is 1.68 bits per heavy atom. The molecule has 0 saturated carbocycles. The fourth-order valence-corrected chi connectivity index (χ4v) is 5.28. The Hall–Kier alpha value is -2.88. The molecule has 2 aromatic carbocycles. The van der Waals surface area contributed by atoms with Crippen LogP contribution in [0.2, 0.25) is 4.34 Å². The van der Waals surface area contributed by atoms with Gasteiger partial charge in [-0.3, -0.25) is 9.52 Å². The molecule has 0 radical (unpaired) electrons. The average Bonchev–Trinajstić information content (AvgIpc) is 3.20. The van der Waals surface area contributed by atoms with E-state index >= 15 is 0 Å². The third-order valence-corrected chi connectivity index (χ3v) is 7.40. The maximum absolute atomic E-state index is 12.7. The van der Waals surface area contributed by atoms with E-state index in [1.807, 2.05) is 6.07 Å². The van der Waals surface area contributed by atoms with Gasteiger partial charge in [-0.15, -0.1) is 11.3 Å². The van der Waals surface area contributed by atoms with Crippen molar-refractivity contribution < 1.29 is 22.7 Å². The van der Waals surface area contributed by atoms with Crippen LogP contribution in [-0.2, 0) is 19.6 Å². The molecule has 3 rings (SSSR count). The minimum atomic E-state index is -3.94. The summed E-state index contributed by atoms with van der Waals surface area (Å²) < 4.78 is 33.2. The van der Waals surface area contributed by atoms with Crippen molar-refractivity contribution in [1.82, 2.24) is 0 Å². The number of rotatable bonds is 7. The summed E-state index contributed by atoms with van der Waals surface area (Å²) in [5.41, 5.74) is 0.669. The number of halogens is 1. The molecule has 0 aliphatic carbocycles. The van der Waals surface area contributed by atoms with Crippen LogP contribution < -0.4 is 9.62 Å². The number of ether oxygens (including phenoxy) is 1. The van der Waals surface area contributed by atoms with Crippen LogP contribution in [-0.4, -0.2) is 33.4 Å². The van der Waals surface area contributed by atoms with Crippen LogP contribution in [0, 0.1) is 0 Å². The molecule has 0 bridgehead atoms. The lowest BCUT2D eigenvalue weighted by atomic mass is 10.2. The lowest BCUT2D eigenvalue weighted by Gasteiger charge is -2.22. The molecule has 0 fully saturated rings. The molecule has 1 N–H and O–H groups in total. The van der Waals surface area contributed by atoms with Crippen molar-refractivity contribution in [2.45, 2.75) is 17.2 Å². The number of amides is 1. The Kier molecular flexibility index (Phi) is 6.99. The van der Waals surface area contributed by atoms with E-state index < -0.39 is 28.0 Å². The summed E-state index contributed by atoms with van der Waals surface area (Å²) in [6.45, 7) is 1.46. The first kappa shape index (κ1) is 22.8. The van der Waals surface area contributed by atoms with Crippen LogP contribution in [0.4, 0.5) is 11.4 Å². The zero-order chi connectivity index (χ0) is 22.6. The van der Waals surface area contributed by atoms with E-state index in [1.54, 1.807) is 43.4 Å². The number of esters is 1. The molecule has 31 heavy (non-hydrogen) atoms. The Balaban J connectivity index is 1.76. The third kappa shape index (κ3) is 5.43. The molecular weight excluding hydrogens is 460 g/mol. The molecule has 0 aliphatic heterocycles. The molecule has 3 aromatic rings. The van der Waals surface area contributed by atoms with Crippen molar-refractivity contribution in [3.05, 3.63) is 76.6 Å². The molecule has 1 heterocycles. The molecule has 0 aliphatic rings. The third-order valence-electron chi connectivity index (χ3n) is 4.31. The smallest absolute Gasteiger partial charge is 0.341 e. The fraction of sp³-hybridized carbons (Fsp3) is 0.143. The predicted molar refractivity (Wildman–Crippen MR) is 121 cm³/mol. The summed E-state index contributed by atoms with van der Waals surface area (Å²) in [6.07, 6.45) is -1.08. The molecule has 162 valence electrons. The van der Waals surface area contributed by atoms with Crippen molar-refractivity contribution >= 4 is 56.2 Å². The van der Waals surface area contributed by atoms with Gasteiger partial charge in [0, 0.05) is 12.7 Å². The standard InChI is InChI=1S/C21H19ClN2O5S2/c1-14(20(25)24(2)15-8-4-3-5-9-15)29-21(26)16-10-6-7-11-17(16)23-31(27,28)19-13-12-18(22)30-19/h3-14,23H,1-2H3. The number of likely N-dealkylation sites (N-methyl/N-ethyl adjacent to an activating group) is 1. The highest BCUT2D eigenvalue weighted by atomic mass is 35.5. The van der Waals surface area contributed by atoms with Crippen molar-refractivity contribution in [3.8, 4) is 0 Å². The highest BCUT2D eigenvalue weighted by molar-refractivity contribution is 7.94. The Bertz CT molecular complexity index is 1200. The van der Waals surface area contributed by atoms with Crippen LogP contribution >= 0.6 is 22.9 Å². The van der Waals surface area contributed by atoms with Crippen LogP contribution in [0.3, 0.4) is 0 Å². The van der Waals surface area contributed by atoms with Crippen LogP contribution in [0.1, 0.15) is 17.3 Å². The van der Waals surface area contributed by atoms with E-state index in [0.717, 1.165) is 11.3 Å². The quantitative estimate of drug-likeness (QED) is 0.508. The van der Waals surface area contributed by atoms with Crippen molar-refractivity contribution in [1.29, 1.82) is 0 Å². The number of hydrogen-bond acceptors (Lipinski definition) is 6. The molecule has 10 heteroatoms. The number of nitrogens with one attached hydrogen (secondary N) is 1. The Morgan fingerprint density at radius 3 is 2.32 bits per heavy atom. The summed E-state index contributed by atoms with van der Waals surface area (Å²) in [4.78, 5) is 26.7. The van der Waals surface area contributed by atoms with Crippen molar-refractivity contribution in [2.75, 3.05) is 16.7 Å². The highest BCUT2D eigenvalue weighted by Gasteiger charge is 2.26. The van der Waals surface area contributed by atoms with Crippen LogP contribution in [0.15, 0.2) is 70.9 Å². The Labute approximate surface area is 189 Å². The molecule has 1 amide bonds. The van der Waals surface area contributed by atoms with Gasteiger partial charge >= 0.3 is 5.97 Å². The van der Waals surface area contributed by atoms with Gasteiger partial charge in [-0.05, 0) is 43.3 Å². The molecule has 1 aromatic heterocycles. The predicted octanol–water partition coefficient (Wildman–Crippen LogP) is 4.41. The summed E-state index contributed by atoms with van der Waals surface area (Å²) >= 11 is 6.72. The number of thiophene rings is 1. The SMILES string of the molecule is CC(OC(=O)c1ccccc1NS(=O)(=O)c1ccc(Cl)s1)C(=O)N(C)c1ccccc1. The maximum atomic E-state index is 12.7. The number of carbonyl (C=O) groups excluding carboxylic acids is 2. The van der Waals surface area contributed by atoms with E-state index in [9.17, 15) is 18.0 Å². The summed E-state index contributed by atoms with van der Waals surface area (Å²) in [5, 5.41) is 0. The first-order valence-electron chi connectivity index (χ1n) is 9.10. The van der Waals surface area contributed by atoms with Gasteiger partial charge in [0.2, 0.25) is 0 Å². The summed E-state index contributed by atoms with van der Waals surface area (Å²) in [7, 11) is -2.36. The van der Waals surface area contributed by atoms with Crippen LogP contribution in [0.25, 0.3) is 0 Å². The van der Waals surface area contributed by atoms with E-state index in [0.29, 0.717) is 10.0 Å². The lowest BCUT2D eigenvalue weighted by Crippen LogP contribution is -2.37. The second-order valence-corrected chi connectivity index (χ2v) is 10.1. The summed E-state index contributed by atoms with van der Waals surface area (Å²) in [5.74, 6) is -1.25. The topological polar surface area (TPSA) is 92.8 Å². The van der Waals surface area contributed by atoms with Gasteiger partial charge in [0.05, 0.1) is 15.6 Å². The molecule has 0 spiro atoms. The van der Waals surface area contributed by atoms with Crippen LogP contribution in [0.5, 0.6) is 0 Å². The minimum Gasteiger partial charge on any atom is -0.449 e. The van der Waals surface area contributed by atoms with Crippen molar-refractivity contribution in [3.63, 3.8) is 0 Å². The number of para-hydroxylation sites is 2. The number of anilines is 2. The first-order valence-corrected chi connectivity index (χ1v) is 11.8. The van der Waals surface area contributed by atoms with Gasteiger partial charge in [-0.25, -0.2) is 13.2 Å². The first-order chi connectivity index (χ1) is 14.7. The number of carbonyl (C=O) groups is 2. The number of benzene rings is 2. The van der Waals surface area contributed by atoms with Gasteiger partial charge in [0.1, 0.15) is 4.21 Å². The van der Waals surface area contributed by atoms with E-state index in [1.165, 1.54) is 36.1 Å². The molecule has 0 saturated heterocycles. The molecule has 1 atom stereocenters. The van der Waals surface area contributed by atoms with Gasteiger partial charge in [0.15, 0.2) is 6.10 Å². The zero-order valence-electron chi connectivity index (χ0n) is 16.6. The monoisotopic (exact) mass is 478 g/mol. The van der Waals surface area contributed by atoms with Gasteiger partial charge in [-0.2, -0.15) is 0 Å². The number of sulfonamides is 1. The zero-order valence-corrected chi connectivity index (χ0v) is 19.0. The lowest BCUT2D eigenvalue weighted by molar-refractivity contribution is -0.126. The highest BCUT2D eigenvalue weighted by Crippen LogP contribution is 2.28. The molecular formula is C21H19ClN2O5S2. The molecule has 1 unspecified atom stereocenters. The van der Waals surface area contributed by atoms with Gasteiger partial charge in [0.25, 0.3) is 15.9 Å². The van der Waals surface area contributed by atoms with Crippen molar-refractivity contribution in [2.24, 2.45) is 0 Å². The maximum Gasteiger partial charge on any atom is 0.341 e. The number of hydrogen-bond donors (Lipinski definition) is 1. The Morgan fingerprint density at radius 1 is 1.03 bits per heavy atom. The fourth-order valence-electron chi connectivity index (χ4n) is 2.71. The largest absolute Gasteiger partial charge is 0.449 e. The second-order valence-electron chi connectivity index (χ2n) is 6.49. The van der Waals surface area contributed by atoms with E-state index in [4.69, 9.17) is 16.3 Å². The number of nitrogens with zero attached hydrogens (tertiary/aromatic N) is 1. The second kappa shape index (κ2) is 9.51. The average molecular weight is 479 g/mol.